The van der Waals surface area contributed by atoms with Crippen LogP contribution < -0.4 is 0 Å². The Morgan fingerprint density at radius 2 is 1.74 bits per heavy atom. The first-order valence-electron chi connectivity index (χ1n) is 15.1. The van der Waals surface area contributed by atoms with Crippen LogP contribution in [0.5, 0.6) is 0 Å². The van der Waals surface area contributed by atoms with Crippen LogP contribution in [-0.4, -0.2) is 56.6 Å². The van der Waals surface area contributed by atoms with Crippen LogP contribution >= 0.6 is 0 Å². The van der Waals surface area contributed by atoms with Gasteiger partial charge in [0.2, 0.25) is 0 Å². The van der Waals surface area contributed by atoms with Gasteiger partial charge in [0.25, 0.3) is 0 Å². The molecule has 0 bridgehead atoms. The van der Waals surface area contributed by atoms with Crippen molar-refractivity contribution >= 4 is 0 Å². The molecule has 5 nitrogen and oxygen atoms in total. The smallest absolute Gasteiger partial charge is 0.0811 e. The molecule has 3 fully saturated rings. The minimum Gasteiger partial charge on any atom is -0.400 e. The van der Waals surface area contributed by atoms with E-state index < -0.39 is 17.8 Å². The average Bonchev–Trinajstić information content (AvgIpc) is 3.20. The largest absolute Gasteiger partial charge is 0.400 e. The molecule has 0 aromatic carbocycles. The highest BCUT2D eigenvalue weighted by Gasteiger charge is 2.51. The second-order valence-electron chi connectivity index (χ2n) is 13.4. The van der Waals surface area contributed by atoms with Crippen molar-refractivity contribution in [2.75, 3.05) is 7.11 Å². The van der Waals surface area contributed by atoms with Gasteiger partial charge in [-0.3, -0.25) is 0 Å². The molecule has 5 N–H and O–H groups in total. The van der Waals surface area contributed by atoms with Crippen LogP contribution in [-0.2, 0) is 0 Å². The quantitative estimate of drug-likeness (QED) is 0.208. The fourth-order valence-electron chi connectivity index (χ4n) is 7.58. The zero-order valence-electron chi connectivity index (χ0n) is 25.1. The summed E-state index contributed by atoms with van der Waals surface area (Å²) in [7, 11) is 1.00. The van der Waals surface area contributed by atoms with Gasteiger partial charge >= 0.3 is 0 Å². The van der Waals surface area contributed by atoms with Gasteiger partial charge in [0, 0.05) is 13.5 Å². The van der Waals surface area contributed by atoms with Gasteiger partial charge in [-0.1, -0.05) is 58.4 Å². The maximum absolute atomic E-state index is 10.3. The highest BCUT2D eigenvalue weighted by atomic mass is 16.3. The van der Waals surface area contributed by atoms with Crippen LogP contribution in [0.2, 0.25) is 0 Å². The van der Waals surface area contributed by atoms with E-state index in [4.69, 9.17) is 5.11 Å². The van der Waals surface area contributed by atoms with Gasteiger partial charge in [0.05, 0.1) is 23.9 Å². The third-order valence-electron chi connectivity index (χ3n) is 10.1. The SMILES string of the molecule is C.C=C1/C(=C\C=C2/CCC[C@@]3(C)C2CCC3[C@@H](CCCC(C)(C)O)CCC(C)C(C)O)CC(O)C[C@@H]1O.CO. The number of rotatable bonds is 10. The standard InChI is InChI=1S/C32H54O4.CH4O.CH4/c1-21(23(3)33)11-12-24(9-7-17-31(4,5)36)28-15-16-29-25(10-8-18-32(28,29)6)13-14-26-19-27(34)20-30(35)22(26)2;1-2;/h13-14,21,23-24,27-30,33-36H,2,7-12,15-20H2,1,3-6H3;2H,1H3;1H4/b25-13+,26-14-;;/t21?,23?,24-,27?,28?,29?,30-,32+;;/m0../s1. The molecule has 3 rings (SSSR count). The molecule has 0 radical (unpaired) electrons. The van der Waals surface area contributed by atoms with Crippen molar-refractivity contribution in [3.8, 4) is 0 Å². The molecule has 0 amide bonds. The third-order valence-corrected chi connectivity index (χ3v) is 10.1. The van der Waals surface area contributed by atoms with Gasteiger partial charge in [0.1, 0.15) is 0 Å². The lowest BCUT2D eigenvalue weighted by Crippen LogP contribution is -2.37. The van der Waals surface area contributed by atoms with Crippen LogP contribution in [0.3, 0.4) is 0 Å². The first-order chi connectivity index (χ1) is 17.8. The maximum atomic E-state index is 10.3. The van der Waals surface area contributed by atoms with E-state index in [1.54, 1.807) is 0 Å². The van der Waals surface area contributed by atoms with Gasteiger partial charge in [-0.15, -0.1) is 0 Å². The lowest BCUT2D eigenvalue weighted by molar-refractivity contribution is 0.0524. The highest BCUT2D eigenvalue weighted by molar-refractivity contribution is 5.38. The molecule has 228 valence electrons. The number of aliphatic hydroxyl groups excluding tert-OH is 4. The van der Waals surface area contributed by atoms with E-state index in [1.807, 2.05) is 20.8 Å². The number of allylic oxidation sites excluding steroid dienone is 3. The van der Waals surface area contributed by atoms with Crippen molar-refractivity contribution in [2.45, 2.75) is 143 Å². The molecule has 8 atom stereocenters. The average molecular weight is 551 g/mol. The summed E-state index contributed by atoms with van der Waals surface area (Å²) in [6, 6.07) is 0. The summed E-state index contributed by atoms with van der Waals surface area (Å²) in [5.41, 5.74) is 2.97. The summed E-state index contributed by atoms with van der Waals surface area (Å²) >= 11 is 0. The van der Waals surface area contributed by atoms with Gasteiger partial charge in [-0.05, 0) is 119 Å². The first kappa shape index (κ1) is 36.0. The van der Waals surface area contributed by atoms with Gasteiger partial charge < -0.3 is 25.5 Å². The molecule has 0 aliphatic heterocycles. The second kappa shape index (κ2) is 15.9. The first-order valence-corrected chi connectivity index (χ1v) is 15.1. The molecule has 39 heavy (non-hydrogen) atoms. The molecule has 3 aliphatic rings. The predicted octanol–water partition coefficient (Wildman–Crippen LogP) is 6.73. The third kappa shape index (κ3) is 9.81. The summed E-state index contributed by atoms with van der Waals surface area (Å²) < 4.78 is 0. The van der Waals surface area contributed by atoms with E-state index in [0.717, 1.165) is 56.8 Å². The Bertz CT molecular complexity index is 807. The molecular formula is C34H62O5. The molecule has 3 aliphatic carbocycles. The number of hydrogen-bond donors (Lipinski definition) is 5. The zero-order valence-corrected chi connectivity index (χ0v) is 25.1. The molecule has 5 unspecified atom stereocenters. The van der Waals surface area contributed by atoms with Crippen molar-refractivity contribution in [3.63, 3.8) is 0 Å². The molecule has 0 aromatic rings. The van der Waals surface area contributed by atoms with Crippen molar-refractivity contribution in [3.05, 3.63) is 35.5 Å². The molecular weight excluding hydrogens is 488 g/mol. The van der Waals surface area contributed by atoms with Crippen LogP contribution in [0.25, 0.3) is 0 Å². The lowest BCUT2D eigenvalue weighted by atomic mass is 9.59. The normalized spacial score (nSPS) is 33.6. The fourth-order valence-corrected chi connectivity index (χ4v) is 7.58. The molecule has 0 spiro atoms. The van der Waals surface area contributed by atoms with Crippen LogP contribution in [0, 0.1) is 29.1 Å². The molecule has 3 saturated carbocycles. The van der Waals surface area contributed by atoms with Crippen LogP contribution in [0.1, 0.15) is 119 Å². The number of fused-ring (bicyclic) bond motifs is 1. The summed E-state index contributed by atoms with van der Waals surface area (Å²) in [4.78, 5) is 0. The molecule has 5 heteroatoms. The second-order valence-corrected chi connectivity index (χ2v) is 13.4. The monoisotopic (exact) mass is 550 g/mol. The summed E-state index contributed by atoms with van der Waals surface area (Å²) in [5, 5.41) is 47.8. The van der Waals surface area contributed by atoms with Crippen molar-refractivity contribution < 1.29 is 25.5 Å². The Balaban J connectivity index is 0.00000248. The van der Waals surface area contributed by atoms with Crippen LogP contribution in [0.15, 0.2) is 35.5 Å². The lowest BCUT2D eigenvalue weighted by Gasteiger charge is -2.45. The number of aliphatic hydroxyl groups is 5. The fraction of sp³-hybridized carbons (Fsp3) is 0.824. The van der Waals surface area contributed by atoms with Crippen molar-refractivity contribution in [1.82, 2.24) is 0 Å². The van der Waals surface area contributed by atoms with Crippen molar-refractivity contribution in [1.29, 1.82) is 0 Å². The number of hydrogen-bond acceptors (Lipinski definition) is 5. The Kier molecular flexibility index (Phi) is 14.7. The molecule has 0 aromatic heterocycles. The molecule has 0 saturated heterocycles. The summed E-state index contributed by atoms with van der Waals surface area (Å²) in [6.45, 7) is 14.5. The van der Waals surface area contributed by atoms with Gasteiger partial charge in [-0.25, -0.2) is 0 Å². The molecule has 0 heterocycles. The Labute approximate surface area is 240 Å². The topological polar surface area (TPSA) is 101 Å². The summed E-state index contributed by atoms with van der Waals surface area (Å²) in [6.07, 6.45) is 15.4. The Morgan fingerprint density at radius 3 is 2.36 bits per heavy atom. The minimum absolute atomic E-state index is 0. The summed E-state index contributed by atoms with van der Waals surface area (Å²) in [5.74, 6) is 2.21. The van der Waals surface area contributed by atoms with Crippen LogP contribution in [0.4, 0.5) is 0 Å². The minimum atomic E-state index is -0.639. The zero-order chi connectivity index (χ0) is 28.7. The van der Waals surface area contributed by atoms with E-state index in [1.165, 1.54) is 31.3 Å². The van der Waals surface area contributed by atoms with E-state index in [2.05, 4.69) is 32.6 Å². The van der Waals surface area contributed by atoms with E-state index in [0.29, 0.717) is 41.9 Å². The van der Waals surface area contributed by atoms with Gasteiger partial charge in [0.15, 0.2) is 0 Å². The highest BCUT2D eigenvalue weighted by Crippen LogP contribution is 2.60. The van der Waals surface area contributed by atoms with E-state index in [-0.39, 0.29) is 13.5 Å². The predicted molar refractivity (Wildman–Crippen MR) is 163 cm³/mol. The van der Waals surface area contributed by atoms with E-state index >= 15 is 0 Å². The Hall–Kier alpha value is -0.980. The van der Waals surface area contributed by atoms with E-state index in [9.17, 15) is 20.4 Å². The Morgan fingerprint density at radius 1 is 1.08 bits per heavy atom. The van der Waals surface area contributed by atoms with Crippen molar-refractivity contribution in [2.24, 2.45) is 29.1 Å². The van der Waals surface area contributed by atoms with Gasteiger partial charge in [-0.2, -0.15) is 0 Å². The maximum Gasteiger partial charge on any atom is 0.0811 e.